The van der Waals surface area contributed by atoms with Gasteiger partial charge in [-0.25, -0.2) is 9.97 Å². The minimum Gasteiger partial charge on any atom is -0.361 e. The molecule has 3 aromatic rings. The summed E-state index contributed by atoms with van der Waals surface area (Å²) >= 11 is 0. The number of benzene rings is 1. The molecule has 3 heterocycles. The maximum atomic E-state index is 4.87. The van der Waals surface area contributed by atoms with Crippen LogP contribution >= 0.6 is 0 Å². The van der Waals surface area contributed by atoms with Crippen LogP contribution in [0, 0.1) is 5.92 Å². The van der Waals surface area contributed by atoms with Crippen LogP contribution in [0.15, 0.2) is 36.7 Å². The van der Waals surface area contributed by atoms with Crippen LogP contribution in [0.2, 0.25) is 0 Å². The number of nitrogens with zero attached hydrogens (tertiary/aromatic N) is 3. The van der Waals surface area contributed by atoms with Gasteiger partial charge in [-0.1, -0.05) is 6.07 Å². The molecule has 1 N–H and O–H groups in total. The molecule has 24 heavy (non-hydrogen) atoms. The maximum Gasteiger partial charge on any atom is 0.128 e. The van der Waals surface area contributed by atoms with Crippen molar-refractivity contribution in [3.8, 4) is 0 Å². The second-order valence-corrected chi connectivity index (χ2v) is 7.27. The van der Waals surface area contributed by atoms with Crippen molar-refractivity contribution in [3.05, 3.63) is 59.3 Å². The number of aromatic amines is 1. The van der Waals surface area contributed by atoms with E-state index in [2.05, 4.69) is 45.3 Å². The number of fused-ring (bicyclic) bond motifs is 2. The first-order valence-electron chi connectivity index (χ1n) is 8.95. The van der Waals surface area contributed by atoms with Gasteiger partial charge < -0.3 is 4.98 Å². The average Bonchev–Trinajstić information content (AvgIpc) is 3.28. The molecule has 0 atom stereocenters. The molecule has 4 nitrogen and oxygen atoms in total. The van der Waals surface area contributed by atoms with E-state index in [9.17, 15) is 0 Å². The second kappa shape index (κ2) is 5.71. The Kier molecular flexibility index (Phi) is 3.37. The fraction of sp³-hybridized carbons (Fsp3) is 0.400. The number of hydrogen-bond acceptors (Lipinski definition) is 3. The summed E-state index contributed by atoms with van der Waals surface area (Å²) in [6.45, 7) is 3.02. The van der Waals surface area contributed by atoms with Crippen LogP contribution in [0.1, 0.15) is 35.5 Å². The predicted octanol–water partition coefficient (Wildman–Crippen LogP) is 3.47. The van der Waals surface area contributed by atoms with Crippen LogP contribution in [0.5, 0.6) is 0 Å². The molecule has 0 amide bonds. The molecule has 5 rings (SSSR count). The van der Waals surface area contributed by atoms with E-state index in [-0.39, 0.29) is 0 Å². The summed E-state index contributed by atoms with van der Waals surface area (Å²) in [7, 11) is 0. The molecule has 0 unspecified atom stereocenters. The van der Waals surface area contributed by atoms with Gasteiger partial charge in [-0.05, 0) is 59.9 Å². The van der Waals surface area contributed by atoms with Gasteiger partial charge in [0.05, 0.1) is 5.69 Å². The Balaban J connectivity index is 1.33. The zero-order valence-electron chi connectivity index (χ0n) is 13.8. The Morgan fingerprint density at radius 3 is 3.08 bits per heavy atom. The van der Waals surface area contributed by atoms with Crippen molar-refractivity contribution in [2.24, 2.45) is 5.92 Å². The third kappa shape index (κ3) is 2.82. The van der Waals surface area contributed by atoms with E-state index in [4.69, 9.17) is 4.98 Å². The lowest BCUT2D eigenvalue weighted by atomic mass is 10.1. The first kappa shape index (κ1) is 14.2. The lowest BCUT2D eigenvalue weighted by Gasteiger charge is -2.28. The lowest BCUT2D eigenvalue weighted by molar-refractivity contribution is 0.240. The predicted molar refractivity (Wildman–Crippen MR) is 94.6 cm³/mol. The first-order chi connectivity index (χ1) is 11.8. The van der Waals surface area contributed by atoms with Gasteiger partial charge in [-0.3, -0.25) is 4.90 Å². The summed E-state index contributed by atoms with van der Waals surface area (Å²) in [4.78, 5) is 15.2. The minimum atomic E-state index is 0.843. The summed E-state index contributed by atoms with van der Waals surface area (Å²) in [6, 6.07) is 8.84. The molecule has 0 radical (unpaired) electrons. The molecule has 2 aliphatic rings. The minimum absolute atomic E-state index is 0.843. The third-order valence-corrected chi connectivity index (χ3v) is 5.27. The number of aromatic nitrogens is 3. The highest BCUT2D eigenvalue weighted by Gasteiger charge is 2.24. The number of nitrogens with one attached hydrogen (secondary N) is 1. The van der Waals surface area contributed by atoms with Gasteiger partial charge in [-0.2, -0.15) is 0 Å². The Labute approximate surface area is 141 Å². The van der Waals surface area contributed by atoms with Gasteiger partial charge in [-0.15, -0.1) is 0 Å². The Hall–Kier alpha value is -2.20. The van der Waals surface area contributed by atoms with Crippen molar-refractivity contribution in [1.82, 2.24) is 19.9 Å². The van der Waals surface area contributed by atoms with Crippen LogP contribution in [0.4, 0.5) is 0 Å². The molecule has 0 saturated heterocycles. The highest BCUT2D eigenvalue weighted by molar-refractivity contribution is 5.79. The molecule has 0 spiro atoms. The Morgan fingerprint density at radius 1 is 1.21 bits per heavy atom. The van der Waals surface area contributed by atoms with Crippen molar-refractivity contribution in [1.29, 1.82) is 0 Å². The summed E-state index contributed by atoms with van der Waals surface area (Å²) < 4.78 is 0. The largest absolute Gasteiger partial charge is 0.361 e. The van der Waals surface area contributed by atoms with Gasteiger partial charge in [0.2, 0.25) is 0 Å². The van der Waals surface area contributed by atoms with Gasteiger partial charge in [0.25, 0.3) is 0 Å². The first-order valence-corrected chi connectivity index (χ1v) is 8.95. The molecule has 1 fully saturated rings. The summed E-state index contributed by atoms with van der Waals surface area (Å²) in [6.07, 6.45) is 8.92. The Morgan fingerprint density at radius 2 is 2.17 bits per heavy atom. The summed E-state index contributed by atoms with van der Waals surface area (Å²) in [5, 5.41) is 1.29. The van der Waals surface area contributed by atoms with Crippen LogP contribution < -0.4 is 0 Å². The van der Waals surface area contributed by atoms with E-state index < -0.39 is 0 Å². The fourth-order valence-electron chi connectivity index (χ4n) is 3.67. The number of hydrogen-bond donors (Lipinski definition) is 1. The third-order valence-electron chi connectivity index (χ3n) is 5.27. The van der Waals surface area contributed by atoms with Crippen molar-refractivity contribution in [2.75, 3.05) is 6.54 Å². The van der Waals surface area contributed by atoms with Gasteiger partial charge >= 0.3 is 0 Å². The van der Waals surface area contributed by atoms with E-state index in [1.165, 1.54) is 40.6 Å². The van der Waals surface area contributed by atoms with Gasteiger partial charge in [0.15, 0.2) is 0 Å². The van der Waals surface area contributed by atoms with Crippen molar-refractivity contribution >= 4 is 10.9 Å². The fourth-order valence-corrected chi connectivity index (χ4v) is 3.67. The average molecular weight is 318 g/mol. The topological polar surface area (TPSA) is 44.8 Å². The molecule has 1 aliphatic carbocycles. The molecule has 4 heteroatoms. The van der Waals surface area contributed by atoms with E-state index in [0.29, 0.717) is 0 Å². The summed E-state index contributed by atoms with van der Waals surface area (Å²) in [5.41, 5.74) is 5.17. The lowest BCUT2D eigenvalue weighted by Crippen LogP contribution is -2.31. The number of rotatable bonds is 4. The molecule has 1 aromatic carbocycles. The van der Waals surface area contributed by atoms with E-state index in [0.717, 1.165) is 44.2 Å². The van der Waals surface area contributed by atoms with Crippen LogP contribution in [-0.4, -0.2) is 26.4 Å². The highest BCUT2D eigenvalue weighted by Crippen LogP contribution is 2.32. The van der Waals surface area contributed by atoms with Crippen molar-refractivity contribution < 1.29 is 0 Å². The molecular weight excluding hydrogens is 296 g/mol. The maximum absolute atomic E-state index is 4.87. The van der Waals surface area contributed by atoms with Crippen LogP contribution in [0.25, 0.3) is 10.9 Å². The molecule has 2 aromatic heterocycles. The SMILES string of the molecule is c1cc2cc(CN3CCc4cnc(CC5CC5)nc4C3)ccc2[nH]1. The van der Waals surface area contributed by atoms with Crippen LogP contribution in [-0.2, 0) is 25.9 Å². The standard InChI is InChI=1S/C20H22N4/c1-2-14(1)10-20-22-11-17-6-8-24(13-19(17)23-20)12-15-3-4-18-16(9-15)5-7-21-18/h3-5,7,9,11,14,21H,1-2,6,8,10,12-13H2. The molecule has 122 valence electrons. The van der Waals surface area contributed by atoms with E-state index >= 15 is 0 Å². The Bertz CT molecular complexity index is 878. The summed E-state index contributed by atoms with van der Waals surface area (Å²) in [5.74, 6) is 1.89. The highest BCUT2D eigenvalue weighted by atomic mass is 15.1. The second-order valence-electron chi connectivity index (χ2n) is 7.27. The normalized spacial score (nSPS) is 18.0. The monoisotopic (exact) mass is 318 g/mol. The zero-order chi connectivity index (χ0) is 15.9. The molecular formula is C20H22N4. The molecule has 0 bridgehead atoms. The van der Waals surface area contributed by atoms with Gasteiger partial charge in [0.1, 0.15) is 5.82 Å². The zero-order valence-corrected chi connectivity index (χ0v) is 13.8. The smallest absolute Gasteiger partial charge is 0.128 e. The van der Waals surface area contributed by atoms with Crippen molar-refractivity contribution in [2.45, 2.75) is 38.8 Å². The quantitative estimate of drug-likeness (QED) is 0.801. The van der Waals surface area contributed by atoms with E-state index in [1.54, 1.807) is 0 Å². The van der Waals surface area contributed by atoms with Gasteiger partial charge in [0, 0.05) is 44.0 Å². The van der Waals surface area contributed by atoms with Crippen molar-refractivity contribution in [3.63, 3.8) is 0 Å². The van der Waals surface area contributed by atoms with E-state index in [1.807, 2.05) is 6.20 Å². The molecule has 1 aliphatic heterocycles. The van der Waals surface area contributed by atoms with Crippen LogP contribution in [0.3, 0.4) is 0 Å². The number of H-pyrrole nitrogens is 1. The molecule has 1 saturated carbocycles.